The Morgan fingerprint density at radius 2 is 1.92 bits per heavy atom. The quantitative estimate of drug-likeness (QED) is 0.420. The first-order chi connectivity index (χ1) is 17.0. The molecule has 3 aromatic rings. The number of likely N-dealkylation sites (tertiary alicyclic amines) is 1. The fraction of sp³-hybridized carbons (Fsp3) is 0.519. The van der Waals surface area contributed by atoms with E-state index >= 15 is 0 Å². The van der Waals surface area contributed by atoms with Crippen molar-refractivity contribution in [2.75, 3.05) is 24.5 Å². The number of halogens is 2. The Bertz CT molecular complexity index is 1280. The normalized spacial score (nSPS) is 20.2. The second-order valence-corrected chi connectivity index (χ2v) is 11.6. The maximum atomic E-state index is 14.0. The topological polar surface area (TPSA) is 63.0 Å². The van der Waals surface area contributed by atoms with Crippen LogP contribution in [-0.2, 0) is 10.2 Å². The Labute approximate surface area is 216 Å². The summed E-state index contributed by atoms with van der Waals surface area (Å²) in [6.07, 6.45) is 5.16. The molecule has 7 nitrogen and oxygen atoms in total. The summed E-state index contributed by atoms with van der Waals surface area (Å²) in [7, 11) is 0. The van der Waals surface area contributed by atoms with Gasteiger partial charge in [0.25, 0.3) is 0 Å². The van der Waals surface area contributed by atoms with Crippen LogP contribution in [0.15, 0.2) is 36.5 Å². The molecule has 36 heavy (non-hydrogen) atoms. The number of piperidine rings is 1. The molecule has 0 bridgehead atoms. The number of amides is 1. The van der Waals surface area contributed by atoms with Gasteiger partial charge in [0.15, 0.2) is 5.65 Å². The highest BCUT2D eigenvalue weighted by Crippen LogP contribution is 2.39. The lowest BCUT2D eigenvalue weighted by Gasteiger charge is -2.38. The summed E-state index contributed by atoms with van der Waals surface area (Å²) in [5.74, 6) is 0.553. The fourth-order valence-corrected chi connectivity index (χ4v) is 5.47. The largest absolute Gasteiger partial charge is 0.444 e. The molecule has 2 aliphatic rings. The van der Waals surface area contributed by atoms with Gasteiger partial charge in [-0.15, -0.1) is 0 Å². The van der Waals surface area contributed by atoms with E-state index in [9.17, 15) is 9.18 Å². The van der Waals surface area contributed by atoms with E-state index in [4.69, 9.17) is 26.4 Å². The molecule has 2 saturated heterocycles. The van der Waals surface area contributed by atoms with E-state index in [2.05, 4.69) is 11.8 Å². The van der Waals surface area contributed by atoms with Crippen molar-refractivity contribution in [2.24, 2.45) is 0 Å². The van der Waals surface area contributed by atoms with E-state index in [0.717, 1.165) is 55.0 Å². The third kappa shape index (κ3) is 4.88. The smallest absolute Gasteiger partial charge is 0.410 e. The SMILES string of the molecule is CC(C)(C)OC(=O)N1CCC(C)(c2cc3nc(N4CCC[C@@H]4c4cc(F)ccc4Cl)ccn3n2)CC1. The van der Waals surface area contributed by atoms with Gasteiger partial charge in [-0.2, -0.15) is 5.10 Å². The van der Waals surface area contributed by atoms with Gasteiger partial charge in [-0.3, -0.25) is 0 Å². The van der Waals surface area contributed by atoms with Gasteiger partial charge in [-0.05, 0) is 76.3 Å². The van der Waals surface area contributed by atoms with Gasteiger partial charge >= 0.3 is 6.09 Å². The molecular formula is C27H33ClFN5O2. The number of benzene rings is 1. The van der Waals surface area contributed by atoms with E-state index in [0.29, 0.717) is 18.1 Å². The average molecular weight is 514 g/mol. The van der Waals surface area contributed by atoms with Crippen LogP contribution in [0.1, 0.15) is 70.7 Å². The van der Waals surface area contributed by atoms with Crippen molar-refractivity contribution >= 4 is 29.2 Å². The van der Waals surface area contributed by atoms with Crippen LogP contribution in [0.25, 0.3) is 5.65 Å². The van der Waals surface area contributed by atoms with Gasteiger partial charge in [0.05, 0.1) is 11.7 Å². The summed E-state index contributed by atoms with van der Waals surface area (Å²) in [5.41, 5.74) is 1.89. The number of fused-ring (bicyclic) bond motifs is 1. The maximum absolute atomic E-state index is 14.0. The lowest BCUT2D eigenvalue weighted by atomic mass is 9.78. The number of carbonyl (C=O) groups excluding carboxylic acids is 1. The van der Waals surface area contributed by atoms with Gasteiger partial charge in [-0.1, -0.05) is 18.5 Å². The van der Waals surface area contributed by atoms with Crippen molar-refractivity contribution in [1.82, 2.24) is 19.5 Å². The number of rotatable bonds is 3. The van der Waals surface area contributed by atoms with Crippen LogP contribution in [-0.4, -0.2) is 50.8 Å². The summed E-state index contributed by atoms with van der Waals surface area (Å²) >= 11 is 6.43. The molecule has 0 unspecified atom stereocenters. The van der Waals surface area contributed by atoms with E-state index in [1.807, 2.05) is 43.6 Å². The molecular weight excluding hydrogens is 481 g/mol. The van der Waals surface area contributed by atoms with Gasteiger partial charge in [0.2, 0.25) is 0 Å². The van der Waals surface area contributed by atoms with Crippen molar-refractivity contribution in [2.45, 2.75) is 70.4 Å². The van der Waals surface area contributed by atoms with Gasteiger partial charge in [0.1, 0.15) is 17.2 Å². The third-order valence-corrected chi connectivity index (χ3v) is 7.66. The van der Waals surface area contributed by atoms with E-state index in [1.54, 1.807) is 11.0 Å². The number of nitrogens with zero attached hydrogens (tertiary/aromatic N) is 5. The Balaban J connectivity index is 1.35. The summed E-state index contributed by atoms with van der Waals surface area (Å²) in [6, 6.07) is 8.54. The van der Waals surface area contributed by atoms with Gasteiger partial charge in [0, 0.05) is 42.3 Å². The van der Waals surface area contributed by atoms with Crippen LogP contribution in [0.3, 0.4) is 0 Å². The molecule has 2 aliphatic heterocycles. The molecule has 9 heteroatoms. The zero-order valence-electron chi connectivity index (χ0n) is 21.3. The second kappa shape index (κ2) is 9.21. The number of carbonyl (C=O) groups is 1. The molecule has 0 spiro atoms. The lowest BCUT2D eigenvalue weighted by Crippen LogP contribution is -2.45. The summed E-state index contributed by atoms with van der Waals surface area (Å²) in [4.78, 5) is 21.4. The van der Waals surface area contributed by atoms with Crippen LogP contribution in [0.4, 0.5) is 15.0 Å². The summed E-state index contributed by atoms with van der Waals surface area (Å²) in [6.45, 7) is 9.93. The molecule has 1 aromatic carbocycles. The first kappa shape index (κ1) is 24.8. The molecule has 1 amide bonds. The molecule has 1 atom stereocenters. The molecule has 2 aromatic heterocycles. The van der Waals surface area contributed by atoms with E-state index in [1.165, 1.54) is 12.1 Å². The zero-order chi connectivity index (χ0) is 25.7. The molecule has 0 radical (unpaired) electrons. The highest BCUT2D eigenvalue weighted by molar-refractivity contribution is 6.31. The minimum Gasteiger partial charge on any atom is -0.444 e. The predicted molar refractivity (Wildman–Crippen MR) is 138 cm³/mol. The predicted octanol–water partition coefficient (Wildman–Crippen LogP) is 6.15. The summed E-state index contributed by atoms with van der Waals surface area (Å²) in [5, 5.41) is 5.41. The monoisotopic (exact) mass is 513 g/mol. The second-order valence-electron chi connectivity index (χ2n) is 11.2. The maximum Gasteiger partial charge on any atom is 0.410 e. The van der Waals surface area contributed by atoms with Crippen LogP contribution in [0.5, 0.6) is 0 Å². The Morgan fingerprint density at radius 1 is 1.17 bits per heavy atom. The van der Waals surface area contributed by atoms with Gasteiger partial charge < -0.3 is 14.5 Å². The van der Waals surface area contributed by atoms with Crippen LogP contribution < -0.4 is 4.90 Å². The molecule has 0 N–H and O–H groups in total. The highest BCUT2D eigenvalue weighted by Gasteiger charge is 2.37. The molecule has 5 rings (SSSR count). The Hall–Kier alpha value is -2.87. The van der Waals surface area contributed by atoms with Crippen molar-refractivity contribution in [3.05, 3.63) is 58.6 Å². The van der Waals surface area contributed by atoms with E-state index < -0.39 is 5.60 Å². The van der Waals surface area contributed by atoms with Crippen LogP contribution in [0.2, 0.25) is 5.02 Å². The van der Waals surface area contributed by atoms with E-state index in [-0.39, 0.29) is 23.4 Å². The first-order valence-electron chi connectivity index (χ1n) is 12.6. The molecule has 4 heterocycles. The molecule has 0 aliphatic carbocycles. The average Bonchev–Trinajstić information content (AvgIpc) is 3.47. The van der Waals surface area contributed by atoms with Crippen molar-refractivity contribution < 1.29 is 13.9 Å². The van der Waals surface area contributed by atoms with Crippen LogP contribution in [0, 0.1) is 5.82 Å². The summed E-state index contributed by atoms with van der Waals surface area (Å²) < 4.78 is 21.3. The number of aromatic nitrogens is 3. The lowest BCUT2D eigenvalue weighted by molar-refractivity contribution is 0.0170. The number of hydrogen-bond acceptors (Lipinski definition) is 5. The Morgan fingerprint density at radius 3 is 2.64 bits per heavy atom. The molecule has 192 valence electrons. The standard InChI is InChI=1S/C27H33ClFN5O2/c1-26(2,3)36-25(35)32-14-10-27(4,11-15-32)22-17-24-30-23(9-13-34(24)31-22)33-12-5-6-21(33)19-16-18(29)7-8-20(19)28/h7-9,13,16-17,21H,5-6,10-12,14-15H2,1-4H3/t21-/m1/s1. The minimum absolute atomic E-state index is 0.0137. The van der Waals surface area contributed by atoms with Crippen molar-refractivity contribution in [1.29, 1.82) is 0 Å². The zero-order valence-corrected chi connectivity index (χ0v) is 22.1. The molecule has 0 saturated carbocycles. The fourth-order valence-electron chi connectivity index (χ4n) is 5.22. The number of hydrogen-bond donors (Lipinski definition) is 0. The molecule has 2 fully saturated rings. The third-order valence-electron chi connectivity index (χ3n) is 7.31. The highest BCUT2D eigenvalue weighted by atomic mass is 35.5. The van der Waals surface area contributed by atoms with Crippen molar-refractivity contribution in [3.8, 4) is 0 Å². The first-order valence-corrected chi connectivity index (χ1v) is 13.0. The van der Waals surface area contributed by atoms with Crippen LogP contribution >= 0.6 is 11.6 Å². The van der Waals surface area contributed by atoms with Crippen molar-refractivity contribution in [3.63, 3.8) is 0 Å². The number of anilines is 1. The number of ether oxygens (including phenoxy) is 1. The van der Waals surface area contributed by atoms with Gasteiger partial charge in [-0.25, -0.2) is 18.7 Å². The Kier molecular flexibility index (Phi) is 6.35. The minimum atomic E-state index is -0.503.